The van der Waals surface area contributed by atoms with Gasteiger partial charge < -0.3 is 14.6 Å². The van der Waals surface area contributed by atoms with Crippen LogP contribution in [0.5, 0.6) is 0 Å². The first-order valence-corrected chi connectivity index (χ1v) is 10.4. The molecule has 5 rings (SSSR count). The highest BCUT2D eigenvalue weighted by molar-refractivity contribution is 6.02. The maximum atomic E-state index is 13.2. The summed E-state index contributed by atoms with van der Waals surface area (Å²) in [6, 6.07) is 11.9. The van der Waals surface area contributed by atoms with Gasteiger partial charge in [0.15, 0.2) is 5.82 Å². The lowest BCUT2D eigenvalue weighted by molar-refractivity contribution is -0.132. The van der Waals surface area contributed by atoms with Crippen LogP contribution in [-0.2, 0) is 20.7 Å². The second-order valence-electron chi connectivity index (χ2n) is 8.55. The summed E-state index contributed by atoms with van der Waals surface area (Å²) in [6.07, 6.45) is 5.22. The number of hydrogen-bond acceptors (Lipinski definition) is 5. The molecule has 0 aliphatic carbocycles. The lowest BCUT2D eigenvalue weighted by Crippen LogP contribution is -2.46. The van der Waals surface area contributed by atoms with Crippen LogP contribution in [0.1, 0.15) is 24.7 Å². The number of nitrogens with zero attached hydrogens (tertiary/aromatic N) is 2. The molecule has 2 bridgehead atoms. The molecule has 3 aliphatic heterocycles. The zero-order valence-corrected chi connectivity index (χ0v) is 17.1. The summed E-state index contributed by atoms with van der Waals surface area (Å²) in [5.41, 5.74) is 0.484. The molecule has 156 valence electrons. The van der Waals surface area contributed by atoms with Gasteiger partial charge in [0, 0.05) is 12.1 Å². The molecular weight excluding hydrogens is 382 g/mol. The molecule has 5 atom stereocenters. The Hall–Kier alpha value is -2.93. The third-order valence-corrected chi connectivity index (χ3v) is 6.39. The van der Waals surface area contributed by atoms with Crippen LogP contribution in [0.3, 0.4) is 0 Å². The minimum Gasteiger partial charge on any atom is -0.360 e. The number of aromatic nitrogens is 1. The van der Waals surface area contributed by atoms with Crippen LogP contribution in [0.25, 0.3) is 0 Å². The summed E-state index contributed by atoms with van der Waals surface area (Å²) < 4.78 is 11.3. The van der Waals surface area contributed by atoms with Gasteiger partial charge in [0.1, 0.15) is 11.4 Å². The van der Waals surface area contributed by atoms with Gasteiger partial charge in [-0.15, -0.1) is 0 Å². The lowest BCUT2D eigenvalue weighted by atomic mass is 9.76. The van der Waals surface area contributed by atoms with E-state index < -0.39 is 17.4 Å². The second kappa shape index (κ2) is 7.09. The number of fused-ring (bicyclic) bond motifs is 1. The van der Waals surface area contributed by atoms with E-state index in [9.17, 15) is 9.59 Å². The van der Waals surface area contributed by atoms with Crippen molar-refractivity contribution in [1.82, 2.24) is 10.5 Å². The van der Waals surface area contributed by atoms with Gasteiger partial charge in [-0.2, -0.15) is 0 Å². The molecule has 7 nitrogen and oxygen atoms in total. The molecule has 2 saturated heterocycles. The number of rotatable bonds is 6. The standard InChI is InChI=1S/C23H25N3O4/c1-14(8-9-16-6-4-3-5-7-16)24-21(27)19-17-10-11-23(29-17)13-26(22(28)20(19)23)18-12-15(2)30-25-18/h3-7,10-12,14,17,19-20H,8-9,13H2,1-2H3,(H,24,27). The number of ether oxygens (including phenoxy) is 1. The predicted octanol–water partition coefficient (Wildman–Crippen LogP) is 2.41. The molecular formula is C23H25N3O4. The van der Waals surface area contributed by atoms with Crippen molar-refractivity contribution in [1.29, 1.82) is 0 Å². The Morgan fingerprint density at radius 1 is 1.37 bits per heavy atom. The minimum atomic E-state index is -0.760. The fourth-order valence-corrected chi connectivity index (χ4v) is 4.91. The molecule has 5 unspecified atom stereocenters. The smallest absolute Gasteiger partial charge is 0.235 e. The molecule has 0 radical (unpaired) electrons. The number of amides is 2. The first kappa shape index (κ1) is 19.1. The van der Waals surface area contributed by atoms with Crippen LogP contribution in [-0.4, -0.2) is 41.3 Å². The minimum absolute atomic E-state index is 0.00237. The van der Waals surface area contributed by atoms with E-state index in [1.54, 1.807) is 17.9 Å². The predicted molar refractivity (Wildman–Crippen MR) is 110 cm³/mol. The average Bonchev–Trinajstić information content (AvgIpc) is 3.48. The van der Waals surface area contributed by atoms with Crippen molar-refractivity contribution in [3.8, 4) is 0 Å². The van der Waals surface area contributed by atoms with Gasteiger partial charge in [-0.05, 0) is 32.3 Å². The summed E-state index contributed by atoms with van der Waals surface area (Å²) in [4.78, 5) is 28.0. The third-order valence-electron chi connectivity index (χ3n) is 6.39. The van der Waals surface area contributed by atoms with Gasteiger partial charge in [0.25, 0.3) is 0 Å². The number of carbonyl (C=O) groups is 2. The van der Waals surface area contributed by atoms with Gasteiger partial charge >= 0.3 is 0 Å². The van der Waals surface area contributed by atoms with Crippen molar-refractivity contribution in [2.75, 3.05) is 11.4 Å². The Balaban J connectivity index is 1.28. The Bertz CT molecular complexity index is 1000. The van der Waals surface area contributed by atoms with Crippen molar-refractivity contribution in [3.63, 3.8) is 0 Å². The van der Waals surface area contributed by atoms with Crippen LogP contribution in [0, 0.1) is 18.8 Å². The van der Waals surface area contributed by atoms with Gasteiger partial charge in [-0.3, -0.25) is 14.5 Å². The number of aryl methyl sites for hydroxylation is 2. The topological polar surface area (TPSA) is 84.7 Å². The van der Waals surface area contributed by atoms with E-state index >= 15 is 0 Å². The van der Waals surface area contributed by atoms with Crippen molar-refractivity contribution < 1.29 is 18.8 Å². The van der Waals surface area contributed by atoms with Crippen LogP contribution >= 0.6 is 0 Å². The number of nitrogens with one attached hydrogen (secondary N) is 1. The Kier molecular flexibility index (Phi) is 4.50. The molecule has 1 spiro atoms. The highest BCUT2D eigenvalue weighted by Gasteiger charge is 2.67. The largest absolute Gasteiger partial charge is 0.360 e. The van der Waals surface area contributed by atoms with Crippen molar-refractivity contribution >= 4 is 17.6 Å². The maximum Gasteiger partial charge on any atom is 0.235 e. The van der Waals surface area contributed by atoms with Gasteiger partial charge in [0.05, 0.1) is 24.5 Å². The second-order valence-corrected chi connectivity index (χ2v) is 8.55. The molecule has 7 heteroatoms. The SMILES string of the molecule is Cc1cc(N2CC34C=CC(O3)C(C(=O)NC(C)CCc3ccccc3)C4C2=O)no1. The quantitative estimate of drug-likeness (QED) is 0.744. The normalized spacial score (nSPS) is 30.0. The third kappa shape index (κ3) is 3.04. The van der Waals surface area contributed by atoms with E-state index in [0.29, 0.717) is 18.1 Å². The van der Waals surface area contributed by atoms with Crippen LogP contribution in [0.15, 0.2) is 53.1 Å². The summed E-state index contributed by atoms with van der Waals surface area (Å²) in [7, 11) is 0. The zero-order chi connectivity index (χ0) is 20.9. The highest BCUT2D eigenvalue weighted by atomic mass is 16.5. The van der Waals surface area contributed by atoms with Crippen molar-refractivity contribution in [3.05, 3.63) is 59.9 Å². The van der Waals surface area contributed by atoms with E-state index in [2.05, 4.69) is 22.6 Å². The van der Waals surface area contributed by atoms with E-state index in [0.717, 1.165) is 12.8 Å². The van der Waals surface area contributed by atoms with Gasteiger partial charge in [-0.1, -0.05) is 47.6 Å². The number of anilines is 1. The van der Waals surface area contributed by atoms with Crippen LogP contribution < -0.4 is 10.2 Å². The summed E-state index contributed by atoms with van der Waals surface area (Å²) >= 11 is 0. The highest BCUT2D eigenvalue weighted by Crippen LogP contribution is 2.52. The van der Waals surface area contributed by atoms with Crippen LogP contribution in [0.4, 0.5) is 5.82 Å². The molecule has 2 fully saturated rings. The summed E-state index contributed by atoms with van der Waals surface area (Å²) in [6.45, 7) is 4.13. The Morgan fingerprint density at radius 3 is 2.90 bits per heavy atom. The summed E-state index contributed by atoms with van der Waals surface area (Å²) in [5, 5.41) is 7.08. The fourth-order valence-electron chi connectivity index (χ4n) is 4.91. The van der Waals surface area contributed by atoms with Crippen molar-refractivity contribution in [2.24, 2.45) is 11.8 Å². The first-order chi connectivity index (χ1) is 14.5. The van der Waals surface area contributed by atoms with E-state index in [1.165, 1.54) is 5.56 Å². The van der Waals surface area contributed by atoms with E-state index in [-0.39, 0.29) is 24.0 Å². The molecule has 0 saturated carbocycles. The summed E-state index contributed by atoms with van der Waals surface area (Å²) in [5.74, 6) is -0.215. The molecule has 1 aromatic carbocycles. The van der Waals surface area contributed by atoms with Crippen molar-refractivity contribution in [2.45, 2.75) is 44.4 Å². The Labute approximate surface area is 175 Å². The van der Waals surface area contributed by atoms with Crippen LogP contribution in [0.2, 0.25) is 0 Å². The number of benzene rings is 1. The molecule has 4 heterocycles. The first-order valence-electron chi connectivity index (χ1n) is 10.4. The average molecular weight is 407 g/mol. The zero-order valence-electron chi connectivity index (χ0n) is 17.1. The van der Waals surface area contributed by atoms with E-state index in [4.69, 9.17) is 9.26 Å². The lowest BCUT2D eigenvalue weighted by Gasteiger charge is -2.25. The van der Waals surface area contributed by atoms with Gasteiger partial charge in [0.2, 0.25) is 11.8 Å². The number of hydrogen-bond donors (Lipinski definition) is 1. The van der Waals surface area contributed by atoms with E-state index in [1.807, 2.05) is 37.3 Å². The molecule has 2 aromatic rings. The fraction of sp³-hybridized carbons (Fsp3) is 0.435. The Morgan fingerprint density at radius 2 is 2.17 bits per heavy atom. The molecule has 1 aromatic heterocycles. The monoisotopic (exact) mass is 407 g/mol. The molecule has 30 heavy (non-hydrogen) atoms. The number of carbonyl (C=O) groups excluding carboxylic acids is 2. The maximum absolute atomic E-state index is 13.2. The molecule has 3 aliphatic rings. The molecule has 2 amide bonds. The molecule has 1 N–H and O–H groups in total. The van der Waals surface area contributed by atoms with Gasteiger partial charge in [-0.25, -0.2) is 0 Å².